The summed E-state index contributed by atoms with van der Waals surface area (Å²) in [5, 5.41) is 52.1. The Morgan fingerprint density at radius 3 is 2.10 bits per heavy atom. The average Bonchev–Trinajstić information content (AvgIpc) is 2.75. The lowest BCUT2D eigenvalue weighted by Crippen LogP contribution is -2.10. The van der Waals surface area contributed by atoms with Crippen molar-refractivity contribution in [3.05, 3.63) is 45.5 Å². The third kappa shape index (κ3) is 15.8. The van der Waals surface area contributed by atoms with E-state index in [1.807, 2.05) is 0 Å². The molecule has 1 aromatic carbocycles. The van der Waals surface area contributed by atoms with Gasteiger partial charge in [-0.1, -0.05) is 44.7 Å². The van der Waals surface area contributed by atoms with Gasteiger partial charge in [0, 0.05) is 6.07 Å². The zero-order chi connectivity index (χ0) is 24.2. The van der Waals surface area contributed by atoms with Gasteiger partial charge < -0.3 is 25.5 Å². The maximum atomic E-state index is 11.1. The van der Waals surface area contributed by atoms with Crippen molar-refractivity contribution in [3.63, 3.8) is 0 Å². The fourth-order valence-corrected chi connectivity index (χ4v) is 2.14. The van der Waals surface area contributed by atoms with E-state index < -0.39 is 28.4 Å². The second kappa shape index (κ2) is 19.3. The van der Waals surface area contributed by atoms with E-state index in [9.17, 15) is 19.7 Å². The fourth-order valence-electron chi connectivity index (χ4n) is 2.14. The van der Waals surface area contributed by atoms with Gasteiger partial charge in [0.25, 0.3) is 5.69 Å². The highest BCUT2D eigenvalue weighted by Crippen LogP contribution is 2.20. The summed E-state index contributed by atoms with van der Waals surface area (Å²) >= 11 is 0. The number of nitro groups is 1. The third-order valence-electron chi connectivity index (χ3n) is 3.74. The van der Waals surface area contributed by atoms with Crippen LogP contribution < -0.4 is 0 Å². The van der Waals surface area contributed by atoms with Gasteiger partial charge in [-0.25, -0.2) is 4.79 Å². The molecule has 0 aliphatic carbocycles. The normalized spacial score (nSPS) is 11.4. The molecule has 0 aliphatic heterocycles. The first-order valence-electron chi connectivity index (χ1n) is 9.86. The van der Waals surface area contributed by atoms with Crippen molar-refractivity contribution in [1.29, 1.82) is 0 Å². The molecule has 1 aromatic rings. The summed E-state index contributed by atoms with van der Waals surface area (Å²) in [6.45, 7) is 2.91. The fraction of sp³-hybridized carbons (Fsp3) is 0.524. The van der Waals surface area contributed by atoms with E-state index in [1.165, 1.54) is 43.5 Å². The maximum absolute atomic E-state index is 11.1. The predicted octanol–water partition coefficient (Wildman–Crippen LogP) is 1.93. The lowest BCUT2D eigenvalue weighted by Gasteiger charge is -2.04. The van der Waals surface area contributed by atoms with Crippen LogP contribution in [0.3, 0.4) is 0 Å². The molecule has 1 rings (SSSR count). The summed E-state index contributed by atoms with van der Waals surface area (Å²) in [4.78, 5) is 31.9. The van der Waals surface area contributed by atoms with E-state index in [0.717, 1.165) is 25.8 Å². The third-order valence-corrected chi connectivity index (χ3v) is 3.74. The highest BCUT2D eigenvalue weighted by molar-refractivity contribution is 6.19. The zero-order valence-electron chi connectivity index (χ0n) is 17.9. The number of ketones is 1. The molecule has 1 atom stereocenters. The van der Waals surface area contributed by atoms with Crippen LogP contribution in [0.2, 0.25) is 0 Å². The second-order valence-electron chi connectivity index (χ2n) is 6.37. The molecule has 0 aliphatic rings. The number of carboxylic acid groups (broad SMARTS) is 1. The molecule has 0 saturated carbocycles. The summed E-state index contributed by atoms with van der Waals surface area (Å²) in [5.74, 6) is -2.06. The molecule has 0 amide bonds. The van der Waals surface area contributed by atoms with Gasteiger partial charge >= 0.3 is 5.97 Å². The van der Waals surface area contributed by atoms with Crippen LogP contribution in [0.1, 0.15) is 51.5 Å². The molecule has 31 heavy (non-hydrogen) atoms. The van der Waals surface area contributed by atoms with Crippen molar-refractivity contribution in [2.75, 3.05) is 19.8 Å². The number of nitro benzene ring substituents is 1. The molecule has 0 heterocycles. The first-order valence-corrected chi connectivity index (χ1v) is 9.86. The van der Waals surface area contributed by atoms with Crippen molar-refractivity contribution in [2.24, 2.45) is 0 Å². The first kappa shape index (κ1) is 30.5. The Balaban J connectivity index is 0. The van der Waals surface area contributed by atoms with Crippen LogP contribution in [-0.4, -0.2) is 68.1 Å². The van der Waals surface area contributed by atoms with Crippen LogP contribution in [0.5, 0.6) is 0 Å². The minimum absolute atomic E-state index is 0.0881. The van der Waals surface area contributed by atoms with Crippen LogP contribution in [0.4, 0.5) is 5.69 Å². The minimum Gasteiger partial charge on any atom is -0.478 e. The number of nitrogens with zero attached hydrogens (tertiary/aromatic N) is 1. The van der Waals surface area contributed by atoms with Gasteiger partial charge in [0.05, 0.1) is 36.4 Å². The summed E-state index contributed by atoms with van der Waals surface area (Å²) in [5.41, 5.74) is -0.642. The van der Waals surface area contributed by atoms with E-state index in [2.05, 4.69) is 6.92 Å². The van der Waals surface area contributed by atoms with Crippen molar-refractivity contribution >= 4 is 23.5 Å². The topological polar surface area (TPSA) is 178 Å². The first-order chi connectivity index (χ1) is 14.7. The van der Waals surface area contributed by atoms with E-state index in [1.54, 1.807) is 0 Å². The molecule has 0 spiro atoms. The number of carbonyl (C=O) groups excluding carboxylic acids is 1. The summed E-state index contributed by atoms with van der Waals surface area (Å²) in [6.07, 6.45) is 5.92. The molecule has 5 N–H and O–H groups in total. The number of rotatable bonds is 11. The molecule has 0 radical (unpaired) electrons. The van der Waals surface area contributed by atoms with Gasteiger partial charge in [0.1, 0.15) is 5.57 Å². The van der Waals surface area contributed by atoms with Crippen molar-refractivity contribution in [3.8, 4) is 0 Å². The van der Waals surface area contributed by atoms with Gasteiger partial charge in [-0.15, -0.1) is 0 Å². The van der Waals surface area contributed by atoms with Crippen LogP contribution >= 0.6 is 0 Å². The maximum Gasteiger partial charge on any atom is 0.339 e. The van der Waals surface area contributed by atoms with Gasteiger partial charge in [0.15, 0.2) is 5.78 Å². The Hall–Kier alpha value is -2.66. The smallest absolute Gasteiger partial charge is 0.339 e. The highest BCUT2D eigenvalue weighted by Gasteiger charge is 2.16. The number of hydrogen-bond acceptors (Lipinski definition) is 8. The number of aliphatic hydroxyl groups excluding tert-OH is 4. The monoisotopic (exact) mass is 443 g/mol. The summed E-state index contributed by atoms with van der Waals surface area (Å²) in [7, 11) is 0. The van der Waals surface area contributed by atoms with Crippen LogP contribution in [0.25, 0.3) is 6.08 Å². The predicted molar refractivity (Wildman–Crippen MR) is 115 cm³/mol. The quantitative estimate of drug-likeness (QED) is 0.0853. The Bertz CT molecular complexity index is 671. The molecule has 0 aromatic heterocycles. The number of Topliss-reactive ketones (excluding diaryl/α,β-unsaturated/α-hetero) is 1. The number of carbonyl (C=O) groups is 2. The molecule has 1 unspecified atom stereocenters. The largest absolute Gasteiger partial charge is 0.478 e. The number of para-hydroxylation sites is 1. The van der Waals surface area contributed by atoms with E-state index >= 15 is 0 Å². The van der Waals surface area contributed by atoms with Crippen molar-refractivity contribution in [2.45, 2.75) is 52.1 Å². The number of benzene rings is 1. The molecular formula is C21H33NO9. The molecule has 10 heteroatoms. The molecule has 0 saturated heterocycles. The number of carboxylic acids is 1. The van der Waals surface area contributed by atoms with Gasteiger partial charge in [-0.2, -0.15) is 0 Å². The molecular weight excluding hydrogens is 410 g/mol. The lowest BCUT2D eigenvalue weighted by atomic mass is 10.1. The zero-order valence-corrected chi connectivity index (χ0v) is 17.9. The standard InChI is InChI=1S/C11H9NO5.C8H18O2.C2H6O2/c1-7(13)9(11(14)15)6-8-4-2-3-5-10(8)12(16)17;1-2-3-4-5-6-8(10)7-9;3-1-2-4/h2-6H,1H3,(H,14,15);8-10H,2-7H2,1H3;3-4H,1-2H2. The summed E-state index contributed by atoms with van der Waals surface area (Å²) < 4.78 is 0. The Labute approximate surface area is 181 Å². The Morgan fingerprint density at radius 1 is 1.10 bits per heavy atom. The number of aliphatic hydroxyl groups is 4. The highest BCUT2D eigenvalue weighted by atomic mass is 16.6. The van der Waals surface area contributed by atoms with E-state index in [0.29, 0.717) is 0 Å². The number of unbranched alkanes of at least 4 members (excludes halogenated alkanes) is 3. The van der Waals surface area contributed by atoms with Crippen molar-refractivity contribution in [1.82, 2.24) is 0 Å². The number of aliphatic carboxylic acids is 1. The minimum atomic E-state index is -1.41. The lowest BCUT2D eigenvalue weighted by molar-refractivity contribution is -0.385. The van der Waals surface area contributed by atoms with Gasteiger partial charge in [-0.3, -0.25) is 14.9 Å². The molecule has 176 valence electrons. The Kier molecular flexibility index (Phi) is 19.0. The van der Waals surface area contributed by atoms with Crippen LogP contribution in [0.15, 0.2) is 29.8 Å². The molecule has 0 fully saturated rings. The van der Waals surface area contributed by atoms with Crippen LogP contribution in [-0.2, 0) is 9.59 Å². The number of hydrogen-bond donors (Lipinski definition) is 5. The van der Waals surface area contributed by atoms with Gasteiger partial charge in [0.2, 0.25) is 0 Å². The molecule has 10 nitrogen and oxygen atoms in total. The van der Waals surface area contributed by atoms with Gasteiger partial charge in [-0.05, 0) is 25.5 Å². The van der Waals surface area contributed by atoms with Crippen LogP contribution in [0, 0.1) is 10.1 Å². The average molecular weight is 443 g/mol. The van der Waals surface area contributed by atoms with Crippen molar-refractivity contribution < 1.29 is 40.0 Å². The van der Waals surface area contributed by atoms with E-state index in [-0.39, 0.29) is 31.1 Å². The summed E-state index contributed by atoms with van der Waals surface area (Å²) in [6, 6.07) is 5.61. The van der Waals surface area contributed by atoms with E-state index in [4.69, 9.17) is 25.5 Å². The SMILES string of the molecule is CC(=O)C(=Cc1ccccc1[N+](=O)[O-])C(=O)O.CCCCCCC(O)CO.OCCO. The second-order valence-corrected chi connectivity index (χ2v) is 6.37. The molecule has 0 bridgehead atoms. The Morgan fingerprint density at radius 2 is 1.68 bits per heavy atom.